The summed E-state index contributed by atoms with van der Waals surface area (Å²) in [6, 6.07) is 4.13. The van der Waals surface area contributed by atoms with Gasteiger partial charge in [0.1, 0.15) is 12.1 Å². The van der Waals surface area contributed by atoms with Crippen molar-refractivity contribution in [2.45, 2.75) is 25.3 Å². The number of anilines is 1. The molecule has 0 radical (unpaired) electrons. The number of hydrogen-bond acceptors (Lipinski definition) is 5. The first-order valence-electron chi connectivity index (χ1n) is 8.06. The summed E-state index contributed by atoms with van der Waals surface area (Å²) in [6.45, 7) is 1.65. The Hall–Kier alpha value is -2.44. The molecule has 4 rings (SSSR count). The summed E-state index contributed by atoms with van der Waals surface area (Å²) in [5, 5.41) is 12.3. The topological polar surface area (TPSA) is 66.6 Å². The van der Waals surface area contributed by atoms with E-state index >= 15 is 0 Å². The van der Waals surface area contributed by atoms with Crippen LogP contribution in [0.15, 0.2) is 30.6 Å². The molecule has 1 amide bonds. The van der Waals surface area contributed by atoms with E-state index < -0.39 is 0 Å². The van der Waals surface area contributed by atoms with E-state index in [0.717, 1.165) is 43.8 Å². The Labute approximate surface area is 134 Å². The van der Waals surface area contributed by atoms with Crippen molar-refractivity contribution in [2.24, 2.45) is 5.92 Å². The van der Waals surface area contributed by atoms with Crippen LogP contribution in [-0.2, 0) is 4.79 Å². The molecule has 1 aliphatic heterocycles. The summed E-state index contributed by atoms with van der Waals surface area (Å²) in [7, 11) is 1.93. The molecule has 1 aliphatic carbocycles. The molecule has 2 aromatic heterocycles. The van der Waals surface area contributed by atoms with Crippen molar-refractivity contribution < 1.29 is 4.79 Å². The molecule has 0 saturated carbocycles. The number of allylic oxidation sites excluding steroid dienone is 2. The Kier molecular flexibility index (Phi) is 3.48. The number of hydrogen-bond donors (Lipinski definition) is 0. The number of carbonyl (C=O) groups is 1. The minimum absolute atomic E-state index is 0.158. The van der Waals surface area contributed by atoms with Crippen LogP contribution in [0.25, 0.3) is 5.65 Å². The molecule has 0 N–H and O–H groups in total. The van der Waals surface area contributed by atoms with Crippen LogP contribution in [-0.4, -0.2) is 56.8 Å². The van der Waals surface area contributed by atoms with Gasteiger partial charge in [0.05, 0.1) is 6.04 Å². The third kappa shape index (κ3) is 2.56. The molecule has 0 bridgehead atoms. The van der Waals surface area contributed by atoms with Gasteiger partial charge in [-0.1, -0.05) is 12.2 Å². The molecule has 1 saturated heterocycles. The van der Waals surface area contributed by atoms with E-state index in [2.05, 4.69) is 32.3 Å². The summed E-state index contributed by atoms with van der Waals surface area (Å²) in [5.74, 6) is 1.33. The normalized spacial score (nSPS) is 21.4. The fraction of sp³-hybridized carbons (Fsp3) is 0.500. The minimum Gasteiger partial charge on any atom is -0.351 e. The number of nitrogens with zero attached hydrogens (tertiary/aromatic N) is 6. The van der Waals surface area contributed by atoms with Crippen molar-refractivity contribution in [3.8, 4) is 0 Å². The van der Waals surface area contributed by atoms with Gasteiger partial charge >= 0.3 is 0 Å². The predicted octanol–water partition coefficient (Wildman–Crippen LogP) is 1.13. The van der Waals surface area contributed by atoms with Gasteiger partial charge in [0.25, 0.3) is 0 Å². The average molecular weight is 312 g/mol. The number of amides is 1. The highest BCUT2D eigenvalue weighted by molar-refractivity contribution is 5.79. The van der Waals surface area contributed by atoms with E-state index in [1.54, 1.807) is 10.8 Å². The highest BCUT2D eigenvalue weighted by Crippen LogP contribution is 2.25. The van der Waals surface area contributed by atoms with Crippen LogP contribution in [0.3, 0.4) is 0 Å². The summed E-state index contributed by atoms with van der Waals surface area (Å²) in [6.07, 6.45) is 8.77. The zero-order valence-corrected chi connectivity index (χ0v) is 13.2. The first-order valence-corrected chi connectivity index (χ1v) is 8.06. The van der Waals surface area contributed by atoms with E-state index in [9.17, 15) is 4.79 Å². The number of carbonyl (C=O) groups excluding carboxylic acids is 1. The lowest BCUT2D eigenvalue weighted by atomic mass is 9.92. The van der Waals surface area contributed by atoms with Crippen LogP contribution in [0.2, 0.25) is 0 Å². The third-order valence-electron chi connectivity index (χ3n) is 4.85. The largest absolute Gasteiger partial charge is 0.351 e. The number of rotatable bonds is 3. The monoisotopic (exact) mass is 312 g/mol. The molecular weight excluding hydrogens is 292 g/mol. The second kappa shape index (κ2) is 5.64. The predicted molar refractivity (Wildman–Crippen MR) is 86.0 cm³/mol. The molecule has 7 nitrogen and oxygen atoms in total. The lowest BCUT2D eigenvalue weighted by molar-refractivity contribution is -0.137. The molecule has 0 aromatic carbocycles. The molecule has 23 heavy (non-hydrogen) atoms. The van der Waals surface area contributed by atoms with E-state index in [1.807, 2.05) is 24.1 Å². The lowest BCUT2D eigenvalue weighted by Crippen LogP contribution is -2.61. The number of likely N-dealkylation sites (N-methyl/N-ethyl adjacent to an activating group) is 1. The van der Waals surface area contributed by atoms with Crippen molar-refractivity contribution >= 4 is 17.4 Å². The van der Waals surface area contributed by atoms with Gasteiger partial charge in [-0.2, -0.15) is 4.52 Å². The maximum atomic E-state index is 12.6. The van der Waals surface area contributed by atoms with Crippen molar-refractivity contribution in [2.75, 3.05) is 25.0 Å². The number of aromatic nitrogens is 4. The lowest BCUT2D eigenvalue weighted by Gasteiger charge is -2.45. The van der Waals surface area contributed by atoms with Crippen LogP contribution in [0, 0.1) is 5.92 Å². The molecule has 120 valence electrons. The van der Waals surface area contributed by atoms with Gasteiger partial charge in [-0.15, -0.1) is 15.3 Å². The van der Waals surface area contributed by atoms with Gasteiger partial charge in [-0.05, 0) is 31.4 Å². The van der Waals surface area contributed by atoms with Gasteiger partial charge in [0.15, 0.2) is 5.65 Å². The molecule has 2 aromatic rings. The SMILES string of the molecule is CN(C(=O)C1CC=CCC1)C1CN(c2ccc3nncn3n2)C1. The maximum absolute atomic E-state index is 12.6. The molecule has 1 fully saturated rings. The van der Waals surface area contributed by atoms with Crippen molar-refractivity contribution in [1.82, 2.24) is 24.7 Å². The summed E-state index contributed by atoms with van der Waals surface area (Å²) in [5.41, 5.74) is 0.739. The first kappa shape index (κ1) is 14.2. The van der Waals surface area contributed by atoms with Crippen molar-refractivity contribution in [1.29, 1.82) is 0 Å². The fourth-order valence-electron chi connectivity index (χ4n) is 3.26. The van der Waals surface area contributed by atoms with E-state index in [4.69, 9.17) is 0 Å². The summed E-state index contributed by atoms with van der Waals surface area (Å²) >= 11 is 0. The van der Waals surface area contributed by atoms with E-state index in [-0.39, 0.29) is 17.9 Å². The van der Waals surface area contributed by atoms with Crippen LogP contribution < -0.4 is 4.90 Å². The van der Waals surface area contributed by atoms with Crippen LogP contribution in [0.4, 0.5) is 5.82 Å². The van der Waals surface area contributed by atoms with Gasteiger partial charge < -0.3 is 9.80 Å². The Morgan fingerprint density at radius 3 is 2.96 bits per heavy atom. The van der Waals surface area contributed by atoms with E-state index in [0.29, 0.717) is 0 Å². The summed E-state index contributed by atoms with van der Waals surface area (Å²) < 4.78 is 1.67. The Balaban J connectivity index is 1.38. The van der Waals surface area contributed by atoms with Crippen LogP contribution >= 0.6 is 0 Å². The smallest absolute Gasteiger partial charge is 0.226 e. The molecule has 7 heteroatoms. The van der Waals surface area contributed by atoms with E-state index in [1.165, 1.54) is 0 Å². The zero-order chi connectivity index (χ0) is 15.8. The second-order valence-electron chi connectivity index (χ2n) is 6.31. The van der Waals surface area contributed by atoms with Crippen LogP contribution in [0.5, 0.6) is 0 Å². The van der Waals surface area contributed by atoms with Gasteiger partial charge in [-0.3, -0.25) is 4.79 Å². The Bertz CT molecular complexity index is 748. The quantitative estimate of drug-likeness (QED) is 0.795. The number of fused-ring (bicyclic) bond motifs is 1. The fourth-order valence-corrected chi connectivity index (χ4v) is 3.26. The zero-order valence-electron chi connectivity index (χ0n) is 13.2. The minimum atomic E-state index is 0.158. The Morgan fingerprint density at radius 1 is 1.30 bits per heavy atom. The molecule has 2 aliphatic rings. The second-order valence-corrected chi connectivity index (χ2v) is 6.31. The highest BCUT2D eigenvalue weighted by atomic mass is 16.2. The molecule has 3 heterocycles. The molecular formula is C16H20N6O. The van der Waals surface area contributed by atoms with Crippen molar-refractivity contribution in [3.63, 3.8) is 0 Å². The molecule has 1 atom stereocenters. The molecule has 0 spiro atoms. The highest BCUT2D eigenvalue weighted by Gasteiger charge is 2.35. The maximum Gasteiger partial charge on any atom is 0.226 e. The standard InChI is InChI=1S/C16H20N6O/c1-20(16(23)12-5-3-2-4-6-12)13-9-21(10-13)15-8-7-14-18-17-11-22(14)19-15/h2-3,7-8,11-13H,4-6,9-10H2,1H3. The summed E-state index contributed by atoms with van der Waals surface area (Å²) in [4.78, 5) is 16.7. The van der Waals surface area contributed by atoms with Gasteiger partial charge in [-0.25, -0.2) is 0 Å². The van der Waals surface area contributed by atoms with Gasteiger partial charge in [0.2, 0.25) is 5.91 Å². The Morgan fingerprint density at radius 2 is 2.17 bits per heavy atom. The first-order chi connectivity index (χ1) is 11.2. The van der Waals surface area contributed by atoms with Crippen LogP contribution in [0.1, 0.15) is 19.3 Å². The van der Waals surface area contributed by atoms with Crippen molar-refractivity contribution in [3.05, 3.63) is 30.6 Å². The van der Waals surface area contributed by atoms with Gasteiger partial charge in [0, 0.05) is 26.1 Å². The third-order valence-corrected chi connectivity index (χ3v) is 4.85. The molecule has 1 unspecified atom stereocenters. The average Bonchev–Trinajstić information content (AvgIpc) is 3.01.